The van der Waals surface area contributed by atoms with Gasteiger partial charge in [0.2, 0.25) is 0 Å². The van der Waals surface area contributed by atoms with E-state index >= 15 is 4.39 Å². The number of likely N-dealkylation sites (tertiary alicyclic amines) is 1. The maximum absolute atomic E-state index is 15.4. The average Bonchev–Trinajstić information content (AvgIpc) is 3.21. The molecule has 1 aromatic heterocycles. The molecule has 2 aliphatic heterocycles. The van der Waals surface area contributed by atoms with E-state index in [2.05, 4.69) is 4.98 Å². The Hall–Kier alpha value is -2.77. The number of nitrogens with two attached hydrogens (primary N) is 1. The monoisotopic (exact) mass is 430 g/mol. The molecule has 1 aromatic carbocycles. The molecular weight excluding hydrogens is 399 g/mol. The topological polar surface area (TPSA) is 91.7 Å². The number of nitrogens with one attached hydrogen (secondary N) is 1. The lowest BCUT2D eigenvalue weighted by Gasteiger charge is -2.37. The smallest absolute Gasteiger partial charge is 0.410 e. The van der Waals surface area contributed by atoms with Crippen LogP contribution in [0.4, 0.5) is 14.9 Å². The number of anilines is 1. The molecule has 0 bridgehead atoms. The number of piperidine rings is 1. The average molecular weight is 431 g/mol. The number of aryl methyl sites for hydroxylation is 2. The second-order valence-electron chi connectivity index (χ2n) is 9.79. The van der Waals surface area contributed by atoms with Gasteiger partial charge in [0.15, 0.2) is 0 Å². The first-order valence-electron chi connectivity index (χ1n) is 10.8. The van der Waals surface area contributed by atoms with Gasteiger partial charge in [-0.05, 0) is 65.0 Å². The molecule has 2 atom stereocenters. The molecule has 2 amide bonds. The van der Waals surface area contributed by atoms with Crippen LogP contribution in [0.25, 0.3) is 10.9 Å². The van der Waals surface area contributed by atoms with E-state index in [0.29, 0.717) is 36.2 Å². The number of aromatic nitrogens is 1. The Balaban J connectivity index is 1.72. The van der Waals surface area contributed by atoms with Crippen LogP contribution in [-0.4, -0.2) is 53.2 Å². The lowest BCUT2D eigenvalue weighted by molar-refractivity contribution is 0.00669. The van der Waals surface area contributed by atoms with Gasteiger partial charge in [0.25, 0.3) is 5.91 Å². The first kappa shape index (κ1) is 21.5. The Kier molecular flexibility index (Phi) is 5.14. The van der Waals surface area contributed by atoms with Crippen molar-refractivity contribution < 1.29 is 18.7 Å². The van der Waals surface area contributed by atoms with E-state index in [4.69, 9.17) is 10.5 Å². The Morgan fingerprint density at radius 3 is 2.61 bits per heavy atom. The molecular formula is C23H31FN4O3. The van der Waals surface area contributed by atoms with Crippen LogP contribution in [0.15, 0.2) is 6.07 Å². The van der Waals surface area contributed by atoms with E-state index in [1.54, 1.807) is 0 Å². The minimum absolute atomic E-state index is 0.0331. The quantitative estimate of drug-likeness (QED) is 0.757. The van der Waals surface area contributed by atoms with Crippen molar-refractivity contribution in [2.75, 3.05) is 24.5 Å². The Morgan fingerprint density at radius 1 is 1.26 bits per heavy atom. The number of nitrogens with zero attached hydrogens (tertiary/aromatic N) is 2. The first-order chi connectivity index (χ1) is 14.5. The highest BCUT2D eigenvalue weighted by Gasteiger charge is 2.43. The minimum atomic E-state index is -0.664. The molecule has 168 valence electrons. The summed E-state index contributed by atoms with van der Waals surface area (Å²) in [4.78, 5) is 31.8. The third-order valence-corrected chi connectivity index (χ3v) is 6.49. The van der Waals surface area contributed by atoms with Crippen LogP contribution in [0.1, 0.15) is 55.2 Å². The van der Waals surface area contributed by atoms with Gasteiger partial charge in [0.05, 0.1) is 22.8 Å². The number of H-pyrrole nitrogens is 1. The summed E-state index contributed by atoms with van der Waals surface area (Å²) in [6, 6.07) is 1.19. The molecule has 2 saturated heterocycles. The zero-order valence-corrected chi connectivity index (χ0v) is 18.8. The molecule has 4 rings (SSSR count). The van der Waals surface area contributed by atoms with Crippen LogP contribution in [0, 0.1) is 25.6 Å². The van der Waals surface area contributed by atoms with E-state index < -0.39 is 17.3 Å². The van der Waals surface area contributed by atoms with Crippen LogP contribution in [0.2, 0.25) is 0 Å². The highest BCUT2D eigenvalue weighted by Crippen LogP contribution is 2.41. The van der Waals surface area contributed by atoms with Crippen molar-refractivity contribution in [2.45, 2.75) is 59.1 Å². The third kappa shape index (κ3) is 3.72. The normalized spacial score (nSPS) is 21.5. The number of carbonyl (C=O) groups excluding carboxylic acids is 2. The van der Waals surface area contributed by atoms with Gasteiger partial charge in [-0.1, -0.05) is 0 Å². The van der Waals surface area contributed by atoms with Crippen LogP contribution in [0.5, 0.6) is 0 Å². The molecule has 0 aliphatic carbocycles. The van der Waals surface area contributed by atoms with Gasteiger partial charge < -0.3 is 25.3 Å². The SMILES string of the molecule is Cc1[nH]c2c(C(N)=O)cc(F)c(N3C[C@H]4CCCN(C(=O)OC(C)(C)C)[C@H]4C3)c2c1C. The van der Waals surface area contributed by atoms with Crippen molar-refractivity contribution in [2.24, 2.45) is 11.7 Å². The summed E-state index contributed by atoms with van der Waals surface area (Å²) >= 11 is 0. The fourth-order valence-corrected chi connectivity index (χ4v) is 5.02. The first-order valence-corrected chi connectivity index (χ1v) is 10.8. The van der Waals surface area contributed by atoms with Crippen molar-refractivity contribution in [1.82, 2.24) is 9.88 Å². The molecule has 0 unspecified atom stereocenters. The van der Waals surface area contributed by atoms with E-state index in [-0.39, 0.29) is 23.6 Å². The largest absolute Gasteiger partial charge is 0.444 e. The van der Waals surface area contributed by atoms with Crippen molar-refractivity contribution in [1.29, 1.82) is 0 Å². The molecule has 2 aliphatic rings. The Bertz CT molecular complexity index is 1060. The summed E-state index contributed by atoms with van der Waals surface area (Å²) in [6.45, 7) is 11.2. The fourth-order valence-electron chi connectivity index (χ4n) is 5.02. The highest BCUT2D eigenvalue weighted by molar-refractivity contribution is 6.10. The maximum atomic E-state index is 15.4. The Labute approximate surface area is 181 Å². The van der Waals surface area contributed by atoms with Crippen LogP contribution in [-0.2, 0) is 4.74 Å². The number of hydrogen-bond acceptors (Lipinski definition) is 4. The number of hydrogen-bond donors (Lipinski definition) is 2. The summed E-state index contributed by atoms with van der Waals surface area (Å²) < 4.78 is 21.0. The summed E-state index contributed by atoms with van der Waals surface area (Å²) in [7, 11) is 0. The minimum Gasteiger partial charge on any atom is -0.444 e. The van der Waals surface area contributed by atoms with Crippen LogP contribution < -0.4 is 10.6 Å². The van der Waals surface area contributed by atoms with E-state index in [0.717, 1.165) is 24.1 Å². The fraction of sp³-hybridized carbons (Fsp3) is 0.565. The zero-order chi connectivity index (χ0) is 22.7. The van der Waals surface area contributed by atoms with Gasteiger partial charge >= 0.3 is 6.09 Å². The van der Waals surface area contributed by atoms with Crippen molar-refractivity contribution in [3.05, 3.63) is 28.7 Å². The van der Waals surface area contributed by atoms with Crippen LogP contribution in [0.3, 0.4) is 0 Å². The van der Waals surface area contributed by atoms with Crippen molar-refractivity contribution in [3.8, 4) is 0 Å². The molecule has 3 heterocycles. The van der Waals surface area contributed by atoms with Gasteiger partial charge in [-0.2, -0.15) is 0 Å². The molecule has 0 spiro atoms. The molecule has 2 aromatic rings. The number of ether oxygens (including phenoxy) is 1. The number of fused-ring (bicyclic) bond motifs is 2. The van der Waals surface area contributed by atoms with Gasteiger partial charge in [-0.3, -0.25) is 4.79 Å². The summed E-state index contributed by atoms with van der Waals surface area (Å²) in [6.07, 6.45) is 1.57. The second kappa shape index (κ2) is 7.43. The number of halogens is 1. The van der Waals surface area contributed by atoms with E-state index in [1.807, 2.05) is 44.4 Å². The second-order valence-corrected chi connectivity index (χ2v) is 9.79. The summed E-state index contributed by atoms with van der Waals surface area (Å²) in [5, 5.41) is 0.689. The molecule has 0 saturated carbocycles. The van der Waals surface area contributed by atoms with Gasteiger partial charge in [-0.25, -0.2) is 9.18 Å². The molecule has 2 fully saturated rings. The lowest BCUT2D eigenvalue weighted by atomic mass is 9.92. The number of benzene rings is 1. The van der Waals surface area contributed by atoms with E-state index in [9.17, 15) is 9.59 Å². The summed E-state index contributed by atoms with van der Waals surface area (Å²) in [5.74, 6) is -0.888. The van der Waals surface area contributed by atoms with Gasteiger partial charge in [0, 0.05) is 30.7 Å². The molecule has 31 heavy (non-hydrogen) atoms. The van der Waals surface area contributed by atoms with Crippen LogP contribution >= 0.6 is 0 Å². The van der Waals surface area contributed by atoms with Gasteiger partial charge in [-0.15, -0.1) is 0 Å². The number of carbonyl (C=O) groups is 2. The zero-order valence-electron chi connectivity index (χ0n) is 18.8. The standard InChI is InChI=1S/C23H31FN4O3/c1-12-13(2)26-19-15(21(25)29)9-16(24)20(18(12)19)27-10-14-7-6-8-28(17(14)11-27)22(30)31-23(3,4)5/h9,14,17,26H,6-8,10-11H2,1-5H3,(H2,25,29)/t14-,17+/m1/s1. The van der Waals surface area contributed by atoms with Crippen molar-refractivity contribution >= 4 is 28.6 Å². The third-order valence-electron chi connectivity index (χ3n) is 6.49. The van der Waals surface area contributed by atoms with Crippen molar-refractivity contribution in [3.63, 3.8) is 0 Å². The molecule has 3 N–H and O–H groups in total. The summed E-state index contributed by atoms with van der Waals surface area (Å²) in [5.41, 5.74) is 7.91. The lowest BCUT2D eigenvalue weighted by Crippen LogP contribution is -2.50. The predicted molar refractivity (Wildman–Crippen MR) is 118 cm³/mol. The molecule has 7 nitrogen and oxygen atoms in total. The number of primary amides is 1. The maximum Gasteiger partial charge on any atom is 0.410 e. The number of amides is 2. The Morgan fingerprint density at radius 2 is 1.97 bits per heavy atom. The molecule has 8 heteroatoms. The number of aromatic amines is 1. The molecule has 0 radical (unpaired) electrons. The van der Waals surface area contributed by atoms with Gasteiger partial charge in [0.1, 0.15) is 11.4 Å². The van der Waals surface area contributed by atoms with E-state index in [1.165, 1.54) is 6.07 Å². The highest BCUT2D eigenvalue weighted by atomic mass is 19.1. The predicted octanol–water partition coefficient (Wildman–Crippen LogP) is 3.86. The number of rotatable bonds is 2.